The smallest absolute Gasteiger partial charge is 0.136 e. The average Bonchev–Trinajstić information content (AvgIpc) is 3.18. The van der Waals surface area contributed by atoms with Gasteiger partial charge in [0.15, 0.2) is 0 Å². The third-order valence-corrected chi connectivity index (χ3v) is 5.51. The van der Waals surface area contributed by atoms with Crippen molar-refractivity contribution >= 4 is 48.1 Å². The van der Waals surface area contributed by atoms with Gasteiger partial charge in [-0.3, -0.25) is 4.99 Å². The van der Waals surface area contributed by atoms with Gasteiger partial charge >= 0.3 is 0 Å². The molecule has 0 N–H and O–H groups in total. The van der Waals surface area contributed by atoms with Crippen molar-refractivity contribution in [1.29, 1.82) is 0 Å². The second-order valence-electron chi connectivity index (χ2n) is 7.07. The van der Waals surface area contributed by atoms with Crippen LogP contribution < -0.4 is 4.90 Å². The van der Waals surface area contributed by atoms with Gasteiger partial charge in [-0.15, -0.1) is 24.8 Å². The zero-order valence-corrected chi connectivity index (χ0v) is 16.9. The Balaban J connectivity index is 0.00000105. The first-order valence-corrected chi connectivity index (χ1v) is 9.39. The van der Waals surface area contributed by atoms with Crippen molar-refractivity contribution in [3.05, 3.63) is 65.2 Å². The summed E-state index contributed by atoms with van der Waals surface area (Å²) in [6.45, 7) is 4.24. The molecule has 27 heavy (non-hydrogen) atoms. The van der Waals surface area contributed by atoms with Crippen LogP contribution in [0.15, 0.2) is 53.5 Å². The molecule has 3 aliphatic heterocycles. The first-order chi connectivity index (χ1) is 12.4. The van der Waals surface area contributed by atoms with Gasteiger partial charge in [0.05, 0.1) is 12.2 Å². The number of benzene rings is 2. The normalized spacial score (nSPS) is 17.8. The van der Waals surface area contributed by atoms with Crippen LogP contribution in [0.3, 0.4) is 0 Å². The summed E-state index contributed by atoms with van der Waals surface area (Å²) < 4.78 is 0. The average molecular weight is 402 g/mol. The molecule has 5 rings (SSSR count). The van der Waals surface area contributed by atoms with E-state index >= 15 is 0 Å². The van der Waals surface area contributed by atoms with Crippen LogP contribution >= 0.6 is 24.8 Å². The summed E-state index contributed by atoms with van der Waals surface area (Å²) in [5.74, 6) is 1.13. The van der Waals surface area contributed by atoms with Crippen molar-refractivity contribution in [3.8, 4) is 0 Å². The molecule has 0 amide bonds. The fraction of sp³-hybridized carbons (Fsp3) is 0.318. The minimum atomic E-state index is 0. The maximum absolute atomic E-state index is 4.76. The quantitative estimate of drug-likeness (QED) is 0.697. The predicted octanol–water partition coefficient (Wildman–Crippen LogP) is 5.09. The highest BCUT2D eigenvalue weighted by Gasteiger charge is 2.28. The van der Waals surface area contributed by atoms with E-state index in [1.165, 1.54) is 60.4 Å². The maximum Gasteiger partial charge on any atom is 0.136 e. The molecular formula is C22H25Cl2N3. The number of amidine groups is 1. The molecule has 3 aliphatic rings. The van der Waals surface area contributed by atoms with Gasteiger partial charge < -0.3 is 9.80 Å². The maximum atomic E-state index is 4.76. The van der Waals surface area contributed by atoms with Crippen molar-refractivity contribution in [2.75, 3.05) is 31.1 Å². The van der Waals surface area contributed by atoms with Crippen LogP contribution in [-0.2, 0) is 0 Å². The molecule has 5 heteroatoms. The number of aliphatic imine (C=N–C) groups is 1. The number of hydrogen-bond donors (Lipinski definition) is 0. The number of anilines is 1. The van der Waals surface area contributed by atoms with Crippen LogP contribution in [0.2, 0.25) is 0 Å². The van der Waals surface area contributed by atoms with E-state index in [0.717, 1.165) is 18.9 Å². The van der Waals surface area contributed by atoms with E-state index in [2.05, 4.69) is 64.4 Å². The van der Waals surface area contributed by atoms with Crippen molar-refractivity contribution in [2.24, 2.45) is 4.99 Å². The fourth-order valence-electron chi connectivity index (χ4n) is 4.20. The van der Waals surface area contributed by atoms with Crippen molar-refractivity contribution in [2.45, 2.75) is 19.3 Å². The fourth-order valence-corrected chi connectivity index (χ4v) is 4.20. The van der Waals surface area contributed by atoms with Crippen molar-refractivity contribution in [3.63, 3.8) is 0 Å². The Hall–Kier alpha value is -1.97. The highest BCUT2D eigenvalue weighted by atomic mass is 35.5. The number of fused-ring (bicyclic) bond motifs is 3. The third kappa shape index (κ3) is 3.59. The Bertz CT molecular complexity index is 852. The molecule has 3 nitrogen and oxygen atoms in total. The first kappa shape index (κ1) is 19.8. The second-order valence-corrected chi connectivity index (χ2v) is 7.07. The summed E-state index contributed by atoms with van der Waals surface area (Å²) in [7, 11) is 0. The van der Waals surface area contributed by atoms with E-state index in [1.54, 1.807) is 0 Å². The zero-order chi connectivity index (χ0) is 16.6. The number of halogens is 2. The molecule has 1 saturated heterocycles. The summed E-state index contributed by atoms with van der Waals surface area (Å²) in [5.41, 5.74) is 6.45. The summed E-state index contributed by atoms with van der Waals surface area (Å²) >= 11 is 0. The summed E-state index contributed by atoms with van der Waals surface area (Å²) in [6.07, 6.45) is 6.32. The monoisotopic (exact) mass is 401 g/mol. The summed E-state index contributed by atoms with van der Waals surface area (Å²) in [5, 5.41) is 0. The Morgan fingerprint density at radius 1 is 0.778 bits per heavy atom. The van der Waals surface area contributed by atoms with Gasteiger partial charge in [-0.2, -0.15) is 0 Å². The minimum absolute atomic E-state index is 0. The van der Waals surface area contributed by atoms with E-state index in [0.29, 0.717) is 0 Å². The Kier molecular flexibility index (Phi) is 6.13. The van der Waals surface area contributed by atoms with Crippen molar-refractivity contribution in [1.82, 2.24) is 4.90 Å². The molecule has 0 atom stereocenters. The number of piperidine rings is 1. The van der Waals surface area contributed by atoms with Crippen LogP contribution in [0.25, 0.3) is 11.8 Å². The highest BCUT2D eigenvalue weighted by molar-refractivity contribution is 6.12. The number of rotatable bonds is 2. The minimum Gasteiger partial charge on any atom is -0.372 e. The molecule has 0 saturated carbocycles. The van der Waals surface area contributed by atoms with Gasteiger partial charge in [-0.25, -0.2) is 0 Å². The second kappa shape index (κ2) is 8.37. The lowest BCUT2D eigenvalue weighted by molar-refractivity contribution is 0.578. The summed E-state index contributed by atoms with van der Waals surface area (Å²) in [6, 6.07) is 17.7. The molecule has 0 radical (unpaired) electrons. The van der Waals surface area contributed by atoms with Gasteiger partial charge in [-0.05, 0) is 48.6 Å². The Morgan fingerprint density at radius 2 is 1.52 bits per heavy atom. The number of nitrogens with zero attached hydrogens (tertiary/aromatic N) is 3. The topological polar surface area (TPSA) is 18.8 Å². The van der Waals surface area contributed by atoms with E-state index in [9.17, 15) is 0 Å². The van der Waals surface area contributed by atoms with Gasteiger partial charge in [0.1, 0.15) is 5.84 Å². The predicted molar refractivity (Wildman–Crippen MR) is 119 cm³/mol. The first-order valence-electron chi connectivity index (χ1n) is 9.39. The molecule has 0 bridgehead atoms. The lowest BCUT2D eigenvalue weighted by Crippen LogP contribution is -2.30. The molecule has 0 aromatic heterocycles. The molecule has 1 fully saturated rings. The molecule has 2 aromatic carbocycles. The Morgan fingerprint density at radius 3 is 2.30 bits per heavy atom. The van der Waals surface area contributed by atoms with E-state index < -0.39 is 0 Å². The number of hydrogen-bond acceptors (Lipinski definition) is 3. The summed E-state index contributed by atoms with van der Waals surface area (Å²) in [4.78, 5) is 9.65. The molecule has 2 aromatic rings. The molecule has 3 heterocycles. The van der Waals surface area contributed by atoms with Crippen LogP contribution in [0.4, 0.5) is 5.69 Å². The van der Waals surface area contributed by atoms with E-state index in [-0.39, 0.29) is 24.8 Å². The van der Waals surface area contributed by atoms with E-state index in [4.69, 9.17) is 4.99 Å². The third-order valence-electron chi connectivity index (χ3n) is 5.51. The largest absolute Gasteiger partial charge is 0.372 e. The van der Waals surface area contributed by atoms with Gasteiger partial charge in [0, 0.05) is 30.9 Å². The van der Waals surface area contributed by atoms with Gasteiger partial charge in [-0.1, -0.05) is 36.4 Å². The van der Waals surface area contributed by atoms with Gasteiger partial charge in [0.25, 0.3) is 0 Å². The van der Waals surface area contributed by atoms with Crippen LogP contribution in [0.5, 0.6) is 0 Å². The molecule has 0 spiro atoms. The molecule has 0 aliphatic carbocycles. The van der Waals surface area contributed by atoms with Gasteiger partial charge in [0.2, 0.25) is 0 Å². The zero-order valence-electron chi connectivity index (χ0n) is 15.3. The van der Waals surface area contributed by atoms with Crippen LogP contribution in [0.1, 0.15) is 36.0 Å². The van der Waals surface area contributed by atoms with E-state index in [1.807, 2.05) is 0 Å². The standard InChI is InChI=1S/C22H23N3.2ClH/c1-4-13-24(14-5-1)19-10-8-17(9-11-19)21-16-18-6-2-3-7-20(18)22-23-12-15-25(21)22;;/h2-3,6-11,16H,1,4-5,12-15H2;2*1H. The SMILES string of the molecule is C1=C(c2ccc(N3CCCCC3)cc2)N2CCN=C2c2ccccc21.Cl.Cl. The lowest BCUT2D eigenvalue weighted by Gasteiger charge is -2.31. The molecule has 0 unspecified atom stereocenters. The van der Waals surface area contributed by atoms with Crippen LogP contribution in [0, 0.1) is 0 Å². The molecule has 142 valence electrons. The van der Waals surface area contributed by atoms with Crippen LogP contribution in [-0.4, -0.2) is 36.9 Å². The van der Waals surface area contributed by atoms with Crippen molar-refractivity contribution < 1.29 is 0 Å². The Labute approximate surface area is 173 Å². The highest BCUT2D eigenvalue weighted by Crippen LogP contribution is 2.34. The lowest BCUT2D eigenvalue weighted by atomic mass is 9.97. The molecular weight excluding hydrogens is 377 g/mol.